The molecule has 4 rings (SSSR count). The van der Waals surface area contributed by atoms with Gasteiger partial charge in [0.2, 0.25) is 13.1 Å². The summed E-state index contributed by atoms with van der Waals surface area (Å²) in [6.07, 6.45) is 5.46. The number of esters is 1. The normalized spacial score (nSPS) is 29.4. The van der Waals surface area contributed by atoms with Gasteiger partial charge in [0.15, 0.2) is 11.5 Å². The number of hydrogen-bond acceptors (Lipinski definition) is 7. The summed E-state index contributed by atoms with van der Waals surface area (Å²) >= 11 is 0. The summed E-state index contributed by atoms with van der Waals surface area (Å²) < 4.78 is 28.4. The van der Waals surface area contributed by atoms with Gasteiger partial charge in [0.25, 0.3) is 0 Å². The fourth-order valence-electron chi connectivity index (χ4n) is 5.60. The van der Waals surface area contributed by atoms with Gasteiger partial charge in [-0.1, -0.05) is 38.8 Å². The van der Waals surface area contributed by atoms with Crippen molar-refractivity contribution in [2.45, 2.75) is 84.7 Å². The zero-order valence-corrected chi connectivity index (χ0v) is 21.6. The van der Waals surface area contributed by atoms with Crippen molar-refractivity contribution in [1.29, 1.82) is 0 Å². The lowest BCUT2D eigenvalue weighted by Crippen LogP contribution is -2.37. The van der Waals surface area contributed by atoms with E-state index in [1.807, 2.05) is 25.1 Å². The number of aliphatic hydroxyl groups excluding tert-OH is 1. The monoisotopic (exact) mass is 488 g/mol. The summed E-state index contributed by atoms with van der Waals surface area (Å²) in [7, 11) is 1.62. The molecule has 2 heterocycles. The van der Waals surface area contributed by atoms with Crippen molar-refractivity contribution >= 4 is 5.97 Å². The number of ether oxygens (including phenoxy) is 5. The molecule has 35 heavy (non-hydrogen) atoms. The van der Waals surface area contributed by atoms with Gasteiger partial charge in [-0.3, -0.25) is 4.79 Å². The highest BCUT2D eigenvalue weighted by atomic mass is 16.7. The summed E-state index contributed by atoms with van der Waals surface area (Å²) in [5.74, 6) is 2.81. The van der Waals surface area contributed by atoms with E-state index in [9.17, 15) is 9.90 Å². The molecular formula is C28H40O7. The van der Waals surface area contributed by atoms with E-state index in [1.165, 1.54) is 6.42 Å². The number of carbonyl (C=O) groups excluding carboxylic acids is 1. The molecule has 1 saturated heterocycles. The van der Waals surface area contributed by atoms with Crippen molar-refractivity contribution in [2.24, 2.45) is 23.7 Å². The zero-order chi connectivity index (χ0) is 25.1. The van der Waals surface area contributed by atoms with Gasteiger partial charge in [0.05, 0.1) is 25.2 Å². The van der Waals surface area contributed by atoms with Crippen LogP contribution >= 0.6 is 0 Å². The Morgan fingerprint density at radius 2 is 2.03 bits per heavy atom. The number of rotatable bonds is 9. The van der Waals surface area contributed by atoms with E-state index in [-0.39, 0.29) is 18.9 Å². The Morgan fingerprint density at radius 1 is 1.23 bits per heavy atom. The highest BCUT2D eigenvalue weighted by Crippen LogP contribution is 2.41. The molecule has 0 unspecified atom stereocenters. The number of benzene rings is 1. The molecule has 2 aliphatic heterocycles. The molecule has 7 heteroatoms. The van der Waals surface area contributed by atoms with E-state index in [4.69, 9.17) is 23.7 Å². The van der Waals surface area contributed by atoms with Crippen molar-refractivity contribution < 1.29 is 33.6 Å². The minimum Gasteiger partial charge on any atom is -0.497 e. The predicted molar refractivity (Wildman–Crippen MR) is 131 cm³/mol. The first-order chi connectivity index (χ1) is 16.7. The number of aliphatic hydroxyl groups is 1. The summed E-state index contributed by atoms with van der Waals surface area (Å²) in [6, 6.07) is 3.75. The van der Waals surface area contributed by atoms with Crippen LogP contribution in [0.15, 0.2) is 23.8 Å². The molecule has 7 nitrogen and oxygen atoms in total. The van der Waals surface area contributed by atoms with Crippen molar-refractivity contribution in [3.05, 3.63) is 29.3 Å². The average molecular weight is 489 g/mol. The van der Waals surface area contributed by atoms with Crippen LogP contribution in [-0.2, 0) is 20.7 Å². The number of hydrogen-bond donors (Lipinski definition) is 1. The molecule has 194 valence electrons. The van der Waals surface area contributed by atoms with Crippen LogP contribution in [0.4, 0.5) is 0 Å². The molecule has 0 spiro atoms. The number of allylic oxidation sites excluding steroid dienone is 1. The molecule has 1 aromatic carbocycles. The molecule has 0 amide bonds. The largest absolute Gasteiger partial charge is 0.497 e. The van der Waals surface area contributed by atoms with Gasteiger partial charge >= 0.3 is 5.97 Å². The third-order valence-corrected chi connectivity index (χ3v) is 7.68. The van der Waals surface area contributed by atoms with Crippen LogP contribution in [-0.4, -0.2) is 43.5 Å². The van der Waals surface area contributed by atoms with Crippen LogP contribution in [0.2, 0.25) is 0 Å². The maximum Gasteiger partial charge on any atom is 0.314 e. The van der Waals surface area contributed by atoms with Gasteiger partial charge in [-0.15, -0.1) is 0 Å². The number of fused-ring (bicyclic) bond motifs is 1. The summed E-state index contributed by atoms with van der Waals surface area (Å²) in [6.45, 7) is 8.93. The topological polar surface area (TPSA) is 83.5 Å². The van der Waals surface area contributed by atoms with Gasteiger partial charge in [0.1, 0.15) is 5.75 Å². The molecule has 1 N–H and O–H groups in total. The number of methoxy groups -OCH3 is 1. The minimum absolute atomic E-state index is 0.102. The van der Waals surface area contributed by atoms with E-state index >= 15 is 0 Å². The first-order valence-corrected chi connectivity index (χ1v) is 12.9. The van der Waals surface area contributed by atoms with Gasteiger partial charge in [-0.25, -0.2) is 0 Å². The Bertz CT molecular complexity index is 924. The Kier molecular flexibility index (Phi) is 8.27. The van der Waals surface area contributed by atoms with Crippen molar-refractivity contribution in [2.75, 3.05) is 13.9 Å². The quantitative estimate of drug-likeness (QED) is 0.385. The number of carbonyl (C=O) groups is 1. The molecule has 1 aromatic rings. The van der Waals surface area contributed by atoms with E-state index in [0.29, 0.717) is 48.5 Å². The van der Waals surface area contributed by atoms with Crippen LogP contribution in [0.1, 0.15) is 65.4 Å². The molecule has 0 aromatic heterocycles. The van der Waals surface area contributed by atoms with Gasteiger partial charge in [0, 0.05) is 18.1 Å². The van der Waals surface area contributed by atoms with E-state index < -0.39 is 18.3 Å². The Labute approximate surface area is 208 Å². The Hall–Kier alpha value is -2.25. The van der Waals surface area contributed by atoms with Crippen LogP contribution < -0.4 is 14.2 Å². The lowest BCUT2D eigenvalue weighted by molar-refractivity contribution is -0.186. The molecule has 2 fully saturated rings. The molecule has 6 atom stereocenters. The second-order valence-corrected chi connectivity index (χ2v) is 10.8. The van der Waals surface area contributed by atoms with E-state index in [1.54, 1.807) is 7.11 Å². The maximum atomic E-state index is 12.6. The Morgan fingerprint density at radius 3 is 2.77 bits per heavy atom. The summed E-state index contributed by atoms with van der Waals surface area (Å²) in [5, 5.41) is 10.8. The predicted octanol–water partition coefficient (Wildman–Crippen LogP) is 5.03. The first-order valence-electron chi connectivity index (χ1n) is 12.9. The standard InChI is InChI=1S/C28H40O7/c1-16(2)21-8-6-18(4)11-24(21)34-26-14-22(28(30)35-26)23(29)9-7-17(3)10-19-12-20(31-5)13-25-27(19)33-15-32-25/h7,12-13,16,18,21-24,26,29H,6,8-11,14-15H2,1-5H3/b17-7-/t18-,21+,22+,23+,24-,26-/m1/s1. The highest BCUT2D eigenvalue weighted by Gasteiger charge is 2.42. The Balaban J connectivity index is 1.33. The fraction of sp³-hybridized carbons (Fsp3) is 0.679. The van der Waals surface area contributed by atoms with Crippen LogP contribution in [0.5, 0.6) is 17.2 Å². The second kappa shape index (κ2) is 11.2. The lowest BCUT2D eigenvalue weighted by atomic mass is 9.75. The van der Waals surface area contributed by atoms with Crippen molar-refractivity contribution in [3.63, 3.8) is 0 Å². The molecule has 0 radical (unpaired) electrons. The molecule has 1 saturated carbocycles. The van der Waals surface area contributed by atoms with E-state index in [2.05, 4.69) is 20.8 Å². The fourth-order valence-corrected chi connectivity index (χ4v) is 5.60. The first kappa shape index (κ1) is 25.8. The van der Waals surface area contributed by atoms with Crippen molar-refractivity contribution in [1.82, 2.24) is 0 Å². The molecule has 3 aliphatic rings. The van der Waals surface area contributed by atoms with Crippen molar-refractivity contribution in [3.8, 4) is 17.2 Å². The highest BCUT2D eigenvalue weighted by molar-refractivity contribution is 5.75. The van der Waals surface area contributed by atoms with Crippen LogP contribution in [0.3, 0.4) is 0 Å². The summed E-state index contributed by atoms with van der Waals surface area (Å²) in [4.78, 5) is 12.6. The second-order valence-electron chi connectivity index (χ2n) is 10.8. The third-order valence-electron chi connectivity index (χ3n) is 7.68. The number of cyclic esters (lactones) is 1. The minimum atomic E-state index is -0.812. The lowest BCUT2D eigenvalue weighted by Gasteiger charge is -2.38. The van der Waals surface area contributed by atoms with Gasteiger partial charge in [-0.2, -0.15) is 0 Å². The third kappa shape index (κ3) is 6.12. The van der Waals surface area contributed by atoms with Gasteiger partial charge in [-0.05, 0) is 56.4 Å². The van der Waals surface area contributed by atoms with Gasteiger partial charge < -0.3 is 28.8 Å². The maximum absolute atomic E-state index is 12.6. The molecular weight excluding hydrogens is 448 g/mol. The summed E-state index contributed by atoms with van der Waals surface area (Å²) in [5.41, 5.74) is 2.03. The van der Waals surface area contributed by atoms with E-state index in [0.717, 1.165) is 29.7 Å². The average Bonchev–Trinajstić information content (AvgIpc) is 3.43. The van der Waals surface area contributed by atoms with Crippen LogP contribution in [0, 0.1) is 23.7 Å². The zero-order valence-electron chi connectivity index (χ0n) is 21.6. The molecule has 1 aliphatic carbocycles. The van der Waals surface area contributed by atoms with Crippen LogP contribution in [0.25, 0.3) is 0 Å². The SMILES string of the molecule is COc1cc(C/C(C)=C\C[C@H](O)[C@@H]2C[C@H](O[C@@H]3C[C@H](C)CC[C@H]3C(C)C)OC2=O)c2c(c1)OCO2. The smallest absolute Gasteiger partial charge is 0.314 e. The molecule has 0 bridgehead atoms.